The maximum absolute atomic E-state index is 13.2. The first kappa shape index (κ1) is 40.7. The summed E-state index contributed by atoms with van der Waals surface area (Å²) in [5, 5.41) is 19.3. The van der Waals surface area contributed by atoms with Crippen LogP contribution in [-0.2, 0) is 49.4 Å². The molecular weight excluding hydrogens is 584 g/mol. The Morgan fingerprint density at radius 1 is 0.932 bits per heavy atom. The van der Waals surface area contributed by atoms with Crippen LogP contribution in [0.15, 0.2) is 18.2 Å². The average molecular weight is 633 g/mol. The van der Waals surface area contributed by atoms with Gasteiger partial charge in [-0.2, -0.15) is 0 Å². The Labute approximate surface area is 258 Å². The van der Waals surface area contributed by atoms with Crippen LogP contribution < -0.4 is 10.1 Å². The number of carbonyl (C=O) groups excluding carboxylic acids is 4. The average Bonchev–Trinajstić information content (AvgIpc) is 2.98. The molecule has 0 aliphatic rings. The lowest BCUT2D eigenvalue weighted by Gasteiger charge is -2.31. The predicted octanol–water partition coefficient (Wildman–Crippen LogP) is -0.0677. The molecule has 0 aliphatic heterocycles. The van der Waals surface area contributed by atoms with Crippen LogP contribution in [0.5, 0.6) is 5.75 Å². The minimum Gasteiger partial charge on any atom is -0.474 e. The molecule has 3 N–H and O–H groups in total. The van der Waals surface area contributed by atoms with Gasteiger partial charge in [0, 0.05) is 54.2 Å². The van der Waals surface area contributed by atoms with E-state index in [1.165, 1.54) is 19.2 Å². The first-order valence-corrected chi connectivity index (χ1v) is 13.9. The largest absolute Gasteiger partial charge is 0.474 e. The Morgan fingerprint density at radius 3 is 2.11 bits per heavy atom. The fraction of sp³-hybridized carbons (Fsp3) is 0.655. The number of hydrogen-bond acceptors (Lipinski definition) is 14. The number of esters is 3. The first-order valence-electron chi connectivity index (χ1n) is 13.9. The van der Waals surface area contributed by atoms with Gasteiger partial charge in [0.1, 0.15) is 11.9 Å². The summed E-state index contributed by atoms with van der Waals surface area (Å²) in [4.78, 5) is 51.7. The van der Waals surface area contributed by atoms with E-state index in [-0.39, 0.29) is 37.5 Å². The van der Waals surface area contributed by atoms with Gasteiger partial charge in [-0.25, -0.2) is 4.79 Å². The van der Waals surface area contributed by atoms with Gasteiger partial charge in [-0.1, -0.05) is 6.07 Å². The van der Waals surface area contributed by atoms with Crippen LogP contribution in [0.2, 0.25) is 0 Å². The lowest BCUT2D eigenvalue weighted by molar-refractivity contribution is -0.182. The molecule has 15 heteroatoms. The van der Waals surface area contributed by atoms with Crippen LogP contribution in [0.4, 0.5) is 0 Å². The number of aliphatic hydroxyl groups is 2. The molecule has 0 fully saturated rings. The standard InChI is InChI=1S/C28H44N2O12.CH4O/c1-19(32)40-24(9-12-31)25(41-20(2)33)26(28(35)37-6)42-23-8-7-21(18-36-5)17-22(23)27(34)29-10-13-38-15-16-39-14-11-30(3)4;1-2/h7-8,17,24-26,31H,9-16,18H2,1-6H3,(H,29,34);2H,1H3/t24?,25-,26?;/m1./s1. The van der Waals surface area contributed by atoms with Crippen molar-refractivity contribution in [3.05, 3.63) is 29.3 Å². The van der Waals surface area contributed by atoms with E-state index in [2.05, 4.69) is 5.32 Å². The number of benzene rings is 1. The molecule has 15 nitrogen and oxygen atoms in total. The Balaban J connectivity index is 0.00000904. The number of methoxy groups -OCH3 is 2. The lowest BCUT2D eigenvalue weighted by atomic mass is 10.0. The second kappa shape index (κ2) is 24.0. The van der Waals surface area contributed by atoms with Gasteiger partial charge in [0.2, 0.25) is 6.10 Å². The predicted molar refractivity (Wildman–Crippen MR) is 157 cm³/mol. The van der Waals surface area contributed by atoms with E-state index >= 15 is 0 Å². The minimum atomic E-state index is -1.66. The summed E-state index contributed by atoms with van der Waals surface area (Å²) in [7, 11) is 7.50. The van der Waals surface area contributed by atoms with Crippen LogP contribution in [0.3, 0.4) is 0 Å². The number of hydrogen-bond donors (Lipinski definition) is 3. The summed E-state index contributed by atoms with van der Waals surface area (Å²) in [6.45, 7) is 4.52. The number of aliphatic hydroxyl groups excluding tert-OH is 2. The van der Waals surface area contributed by atoms with Gasteiger partial charge in [-0.15, -0.1) is 0 Å². The zero-order chi connectivity index (χ0) is 33.5. The maximum Gasteiger partial charge on any atom is 0.351 e. The van der Waals surface area contributed by atoms with Gasteiger partial charge in [0.15, 0.2) is 6.10 Å². The van der Waals surface area contributed by atoms with E-state index in [9.17, 15) is 24.3 Å². The van der Waals surface area contributed by atoms with Crippen molar-refractivity contribution in [3.8, 4) is 5.75 Å². The van der Waals surface area contributed by atoms with Crippen LogP contribution in [0.1, 0.15) is 36.2 Å². The molecule has 44 heavy (non-hydrogen) atoms. The van der Waals surface area contributed by atoms with Crippen molar-refractivity contribution >= 4 is 23.8 Å². The fourth-order valence-electron chi connectivity index (χ4n) is 3.67. The molecule has 0 aliphatic carbocycles. The molecule has 252 valence electrons. The molecule has 1 rings (SSSR count). The van der Waals surface area contributed by atoms with Crippen molar-refractivity contribution in [2.45, 2.75) is 45.2 Å². The van der Waals surface area contributed by atoms with E-state index in [0.29, 0.717) is 25.4 Å². The molecule has 0 spiro atoms. The smallest absolute Gasteiger partial charge is 0.351 e. The summed E-state index contributed by atoms with van der Waals surface area (Å²) < 4.78 is 37.5. The third-order valence-electron chi connectivity index (χ3n) is 5.57. The third kappa shape index (κ3) is 16.5. The topological polar surface area (TPSA) is 189 Å². The number of nitrogens with zero attached hydrogens (tertiary/aromatic N) is 1. The van der Waals surface area contributed by atoms with Gasteiger partial charge in [0.25, 0.3) is 5.91 Å². The maximum atomic E-state index is 13.2. The summed E-state index contributed by atoms with van der Waals surface area (Å²) in [5.41, 5.74) is 0.698. The van der Waals surface area contributed by atoms with Gasteiger partial charge in [0.05, 0.1) is 45.7 Å². The molecule has 0 saturated heterocycles. The quantitative estimate of drug-likeness (QED) is 0.0928. The Kier molecular flexibility index (Phi) is 22.2. The number of rotatable bonds is 21. The van der Waals surface area contributed by atoms with Crippen molar-refractivity contribution in [2.75, 3.05) is 81.5 Å². The monoisotopic (exact) mass is 632 g/mol. The van der Waals surface area contributed by atoms with Crippen molar-refractivity contribution in [1.29, 1.82) is 0 Å². The molecule has 0 aromatic heterocycles. The lowest BCUT2D eigenvalue weighted by Crippen LogP contribution is -2.50. The molecule has 3 atom stereocenters. The number of likely N-dealkylation sites (N-methyl/N-ethyl adjacent to an activating group) is 1. The number of ether oxygens (including phenoxy) is 7. The van der Waals surface area contributed by atoms with Crippen LogP contribution in [0.25, 0.3) is 0 Å². The first-order chi connectivity index (χ1) is 21.0. The van der Waals surface area contributed by atoms with E-state index in [1.54, 1.807) is 6.07 Å². The Morgan fingerprint density at radius 2 is 1.57 bits per heavy atom. The van der Waals surface area contributed by atoms with Crippen LogP contribution >= 0.6 is 0 Å². The van der Waals surface area contributed by atoms with E-state index in [0.717, 1.165) is 34.6 Å². The molecule has 0 bridgehead atoms. The number of nitrogens with one attached hydrogen (secondary N) is 1. The highest BCUT2D eigenvalue weighted by molar-refractivity contribution is 5.97. The van der Waals surface area contributed by atoms with Crippen molar-refractivity contribution < 1.29 is 62.5 Å². The summed E-state index contributed by atoms with van der Waals surface area (Å²) >= 11 is 0. The highest BCUT2D eigenvalue weighted by Crippen LogP contribution is 2.26. The third-order valence-corrected chi connectivity index (χ3v) is 5.57. The Bertz CT molecular complexity index is 990. The van der Waals surface area contributed by atoms with E-state index in [4.69, 9.17) is 38.3 Å². The van der Waals surface area contributed by atoms with Crippen molar-refractivity contribution in [2.24, 2.45) is 0 Å². The fourth-order valence-corrected chi connectivity index (χ4v) is 3.67. The highest BCUT2D eigenvalue weighted by atomic mass is 16.6. The zero-order valence-electron chi connectivity index (χ0n) is 26.7. The summed E-state index contributed by atoms with van der Waals surface area (Å²) in [6, 6.07) is 4.61. The summed E-state index contributed by atoms with van der Waals surface area (Å²) in [6.07, 6.45) is -4.59. The van der Waals surface area contributed by atoms with Crippen molar-refractivity contribution in [1.82, 2.24) is 10.2 Å². The van der Waals surface area contributed by atoms with E-state index < -0.39 is 48.7 Å². The van der Waals surface area contributed by atoms with E-state index in [1.807, 2.05) is 19.0 Å². The molecular formula is C29H48N2O13. The second-order valence-electron chi connectivity index (χ2n) is 9.34. The minimum absolute atomic E-state index is 0.0410. The molecule has 0 heterocycles. The molecule has 1 aromatic carbocycles. The molecule has 1 aromatic rings. The van der Waals surface area contributed by atoms with Crippen LogP contribution in [-0.4, -0.2) is 139 Å². The highest BCUT2D eigenvalue weighted by Gasteiger charge is 2.42. The molecule has 0 saturated carbocycles. The molecule has 2 unspecified atom stereocenters. The number of carbonyl (C=O) groups is 4. The molecule has 0 radical (unpaired) electrons. The summed E-state index contributed by atoms with van der Waals surface area (Å²) in [5.74, 6) is -3.08. The van der Waals surface area contributed by atoms with Gasteiger partial charge in [-0.3, -0.25) is 14.4 Å². The Hall–Kier alpha value is -3.34. The normalized spacial score (nSPS) is 12.7. The van der Waals surface area contributed by atoms with Crippen molar-refractivity contribution in [3.63, 3.8) is 0 Å². The van der Waals surface area contributed by atoms with Gasteiger partial charge < -0.3 is 53.6 Å². The number of amides is 1. The SMILES string of the molecule is CO.COCc1ccc(OC(C(=O)OC)[C@H](OC(C)=O)C(CCO)OC(C)=O)c(C(=O)NCCOCCOCCN(C)C)c1. The second-order valence-corrected chi connectivity index (χ2v) is 9.34. The zero-order valence-corrected chi connectivity index (χ0v) is 26.7. The van der Waals surface area contributed by atoms with Gasteiger partial charge >= 0.3 is 17.9 Å². The molecule has 1 amide bonds. The van der Waals surface area contributed by atoms with Gasteiger partial charge in [-0.05, 0) is 31.8 Å². The van der Waals surface area contributed by atoms with Crippen LogP contribution in [0, 0.1) is 0 Å².